The molecule has 0 fully saturated rings. The fourth-order valence-corrected chi connectivity index (χ4v) is 2.16. The number of aromatic nitrogens is 1. The highest BCUT2D eigenvalue weighted by Crippen LogP contribution is 2.16. The number of carbonyl (C=O) groups is 1. The third-order valence-corrected chi connectivity index (χ3v) is 3.35. The van der Waals surface area contributed by atoms with Crippen molar-refractivity contribution in [2.24, 2.45) is 0 Å². The Balaban J connectivity index is 1.85. The summed E-state index contributed by atoms with van der Waals surface area (Å²) in [6, 6.07) is 14.3. The van der Waals surface area contributed by atoms with Crippen molar-refractivity contribution in [2.75, 3.05) is 6.61 Å². The molecule has 1 atom stereocenters. The zero-order valence-corrected chi connectivity index (χ0v) is 13.1. The number of hydrogen-bond donors (Lipinski definition) is 1. The van der Waals surface area contributed by atoms with Gasteiger partial charge in [0.15, 0.2) is 0 Å². The molecule has 116 valence electrons. The number of nitrogens with zero attached hydrogens (tertiary/aromatic N) is 1. The molecule has 2 aromatic rings. The molecule has 0 aliphatic rings. The predicted molar refractivity (Wildman–Crippen MR) is 87.2 cm³/mol. The van der Waals surface area contributed by atoms with Crippen LogP contribution in [0.25, 0.3) is 11.3 Å². The highest BCUT2D eigenvalue weighted by atomic mass is 16.5. The fourth-order valence-electron chi connectivity index (χ4n) is 2.16. The second-order valence-electron chi connectivity index (χ2n) is 5.20. The van der Waals surface area contributed by atoms with Gasteiger partial charge in [0.1, 0.15) is 0 Å². The van der Waals surface area contributed by atoms with Crippen LogP contribution in [-0.2, 0) is 16.1 Å². The van der Waals surface area contributed by atoms with Crippen LogP contribution in [0.15, 0.2) is 48.7 Å². The summed E-state index contributed by atoms with van der Waals surface area (Å²) in [4.78, 5) is 15.7. The quantitative estimate of drug-likeness (QED) is 0.798. The van der Waals surface area contributed by atoms with Gasteiger partial charge in [-0.05, 0) is 31.5 Å². The summed E-state index contributed by atoms with van der Waals surface area (Å²) in [5.41, 5.74) is 3.25. The van der Waals surface area contributed by atoms with E-state index >= 15 is 0 Å². The lowest BCUT2D eigenvalue weighted by Crippen LogP contribution is -2.28. The summed E-state index contributed by atoms with van der Waals surface area (Å²) in [6.07, 6.45) is 2.18. The van der Waals surface area contributed by atoms with Crippen molar-refractivity contribution in [1.29, 1.82) is 0 Å². The van der Waals surface area contributed by atoms with E-state index in [4.69, 9.17) is 4.74 Å². The van der Waals surface area contributed by atoms with E-state index in [2.05, 4.69) is 34.6 Å². The molecular weight excluding hydrogens is 276 g/mol. The van der Waals surface area contributed by atoms with Crippen LogP contribution in [0.2, 0.25) is 0 Å². The van der Waals surface area contributed by atoms with Crippen LogP contribution in [0.3, 0.4) is 0 Å². The highest BCUT2D eigenvalue weighted by Gasteiger charge is 2.09. The van der Waals surface area contributed by atoms with Gasteiger partial charge in [0.2, 0.25) is 0 Å². The first-order valence-corrected chi connectivity index (χ1v) is 7.58. The normalized spacial score (nSPS) is 11.9. The van der Waals surface area contributed by atoms with Gasteiger partial charge in [-0.25, -0.2) is 0 Å². The highest BCUT2D eigenvalue weighted by molar-refractivity contribution is 5.70. The van der Waals surface area contributed by atoms with E-state index in [0.29, 0.717) is 13.0 Å². The van der Waals surface area contributed by atoms with E-state index in [0.717, 1.165) is 17.8 Å². The zero-order valence-electron chi connectivity index (χ0n) is 13.1. The Morgan fingerprint density at radius 1 is 1.23 bits per heavy atom. The molecule has 2 rings (SSSR count). The van der Waals surface area contributed by atoms with Crippen molar-refractivity contribution in [3.8, 4) is 11.3 Å². The molecule has 0 aliphatic heterocycles. The third-order valence-electron chi connectivity index (χ3n) is 3.35. The summed E-state index contributed by atoms with van der Waals surface area (Å²) in [6.45, 7) is 4.96. The average Bonchev–Trinajstić information content (AvgIpc) is 2.54. The molecule has 0 amide bonds. The molecule has 4 heteroatoms. The lowest BCUT2D eigenvalue weighted by molar-refractivity contribution is -0.143. The topological polar surface area (TPSA) is 51.2 Å². The second-order valence-corrected chi connectivity index (χ2v) is 5.20. The Bertz CT molecular complexity index is 582. The second kappa shape index (κ2) is 8.29. The maximum Gasteiger partial charge on any atom is 0.307 e. The first-order valence-electron chi connectivity index (χ1n) is 7.58. The van der Waals surface area contributed by atoms with Crippen molar-refractivity contribution in [1.82, 2.24) is 10.3 Å². The molecule has 4 nitrogen and oxygen atoms in total. The number of benzene rings is 1. The predicted octanol–water partition coefficient (Wildman–Crippen LogP) is 3.18. The van der Waals surface area contributed by atoms with Gasteiger partial charge in [-0.2, -0.15) is 0 Å². The monoisotopic (exact) mass is 298 g/mol. The van der Waals surface area contributed by atoms with Crippen molar-refractivity contribution in [3.05, 3.63) is 54.2 Å². The van der Waals surface area contributed by atoms with Crippen molar-refractivity contribution < 1.29 is 9.53 Å². The molecule has 0 aliphatic carbocycles. The van der Waals surface area contributed by atoms with Crippen LogP contribution in [-0.4, -0.2) is 23.6 Å². The standard InChI is InChI=1S/C18H22N2O2/c1-3-22-18(21)12-14(2)20-13-15-7-9-16(10-8-15)17-6-4-5-11-19-17/h4-11,14,20H,3,12-13H2,1-2H3. The minimum atomic E-state index is -0.159. The summed E-state index contributed by atoms with van der Waals surface area (Å²) in [7, 11) is 0. The number of pyridine rings is 1. The van der Waals surface area contributed by atoms with Crippen LogP contribution >= 0.6 is 0 Å². The molecule has 1 heterocycles. The largest absolute Gasteiger partial charge is 0.466 e. The van der Waals surface area contributed by atoms with E-state index in [1.165, 1.54) is 5.56 Å². The van der Waals surface area contributed by atoms with E-state index in [-0.39, 0.29) is 12.0 Å². The summed E-state index contributed by atoms with van der Waals surface area (Å²) < 4.78 is 4.94. The van der Waals surface area contributed by atoms with Crippen LogP contribution in [0, 0.1) is 0 Å². The Morgan fingerprint density at radius 2 is 2.00 bits per heavy atom. The molecule has 1 aromatic heterocycles. The van der Waals surface area contributed by atoms with Crippen LogP contribution < -0.4 is 5.32 Å². The van der Waals surface area contributed by atoms with Gasteiger partial charge in [0, 0.05) is 24.3 Å². The zero-order chi connectivity index (χ0) is 15.8. The summed E-state index contributed by atoms with van der Waals surface area (Å²) >= 11 is 0. The average molecular weight is 298 g/mol. The number of hydrogen-bond acceptors (Lipinski definition) is 4. The fraction of sp³-hybridized carbons (Fsp3) is 0.333. The Morgan fingerprint density at radius 3 is 2.64 bits per heavy atom. The maximum absolute atomic E-state index is 11.4. The molecule has 1 aromatic carbocycles. The SMILES string of the molecule is CCOC(=O)CC(C)NCc1ccc(-c2ccccn2)cc1. The van der Waals surface area contributed by atoms with E-state index in [1.54, 1.807) is 6.20 Å². The molecule has 1 N–H and O–H groups in total. The van der Waals surface area contributed by atoms with Crippen LogP contribution in [0.5, 0.6) is 0 Å². The first kappa shape index (κ1) is 16.2. The van der Waals surface area contributed by atoms with Crippen molar-refractivity contribution >= 4 is 5.97 Å². The van der Waals surface area contributed by atoms with Gasteiger partial charge in [-0.15, -0.1) is 0 Å². The molecule has 0 saturated heterocycles. The summed E-state index contributed by atoms with van der Waals surface area (Å²) in [5.74, 6) is -0.159. The number of ether oxygens (including phenoxy) is 1. The third kappa shape index (κ3) is 4.97. The Hall–Kier alpha value is -2.20. The maximum atomic E-state index is 11.4. The Labute approximate surface area is 131 Å². The molecular formula is C18H22N2O2. The van der Waals surface area contributed by atoms with E-state index < -0.39 is 0 Å². The first-order chi connectivity index (χ1) is 10.7. The van der Waals surface area contributed by atoms with Crippen LogP contribution in [0.1, 0.15) is 25.8 Å². The number of carbonyl (C=O) groups excluding carboxylic acids is 1. The lowest BCUT2D eigenvalue weighted by Gasteiger charge is -2.13. The van der Waals surface area contributed by atoms with E-state index in [9.17, 15) is 4.79 Å². The van der Waals surface area contributed by atoms with Gasteiger partial charge in [-0.1, -0.05) is 30.3 Å². The lowest BCUT2D eigenvalue weighted by atomic mass is 10.1. The molecule has 0 bridgehead atoms. The molecule has 0 saturated carbocycles. The van der Waals surface area contributed by atoms with Gasteiger partial charge in [-0.3, -0.25) is 9.78 Å². The van der Waals surface area contributed by atoms with Crippen molar-refractivity contribution in [2.45, 2.75) is 32.9 Å². The number of rotatable bonds is 7. The number of esters is 1. The minimum Gasteiger partial charge on any atom is -0.466 e. The smallest absolute Gasteiger partial charge is 0.307 e. The van der Waals surface area contributed by atoms with Gasteiger partial charge in [0.25, 0.3) is 0 Å². The molecule has 1 unspecified atom stereocenters. The minimum absolute atomic E-state index is 0.0921. The van der Waals surface area contributed by atoms with Crippen molar-refractivity contribution in [3.63, 3.8) is 0 Å². The summed E-state index contributed by atoms with van der Waals surface area (Å²) in [5, 5.41) is 3.33. The Kier molecular flexibility index (Phi) is 6.10. The van der Waals surface area contributed by atoms with Crippen LogP contribution in [0.4, 0.5) is 0 Å². The van der Waals surface area contributed by atoms with E-state index in [1.807, 2.05) is 32.0 Å². The molecule has 0 spiro atoms. The van der Waals surface area contributed by atoms with Gasteiger partial charge < -0.3 is 10.1 Å². The molecule has 0 radical (unpaired) electrons. The number of nitrogens with one attached hydrogen (secondary N) is 1. The molecule has 22 heavy (non-hydrogen) atoms. The van der Waals surface area contributed by atoms with Gasteiger partial charge >= 0.3 is 5.97 Å². The van der Waals surface area contributed by atoms with Gasteiger partial charge in [0.05, 0.1) is 18.7 Å².